The van der Waals surface area contributed by atoms with Gasteiger partial charge >= 0.3 is 0 Å². The molecule has 1 saturated heterocycles. The van der Waals surface area contributed by atoms with Gasteiger partial charge < -0.3 is 15.6 Å². The third kappa shape index (κ3) is 4.35. The van der Waals surface area contributed by atoms with Gasteiger partial charge in [-0.1, -0.05) is 6.07 Å². The first-order chi connectivity index (χ1) is 15.3. The number of anilines is 2. The molecule has 9 nitrogen and oxygen atoms in total. The van der Waals surface area contributed by atoms with Crippen LogP contribution in [0.4, 0.5) is 11.8 Å². The predicted molar refractivity (Wildman–Crippen MR) is 118 cm³/mol. The Morgan fingerprint density at radius 3 is 2.84 bits per heavy atom. The van der Waals surface area contributed by atoms with Crippen molar-refractivity contribution < 1.29 is 0 Å². The van der Waals surface area contributed by atoms with E-state index in [4.69, 9.17) is 5.26 Å². The fourth-order valence-electron chi connectivity index (χ4n) is 3.69. The summed E-state index contributed by atoms with van der Waals surface area (Å²) in [5.74, 6) is 1.38. The van der Waals surface area contributed by atoms with E-state index in [0.29, 0.717) is 17.3 Å². The minimum atomic E-state index is 0.337. The highest BCUT2D eigenvalue weighted by atomic mass is 15.2. The molecule has 0 amide bonds. The number of aromatic amines is 1. The summed E-state index contributed by atoms with van der Waals surface area (Å²) in [5.41, 5.74) is 4.84. The van der Waals surface area contributed by atoms with Crippen LogP contribution in [0.3, 0.4) is 0 Å². The first-order valence-electron chi connectivity index (χ1n) is 10.1. The average molecular weight is 411 g/mol. The molecule has 1 aliphatic rings. The molecule has 4 aromatic rings. The van der Waals surface area contributed by atoms with E-state index >= 15 is 0 Å². The molecule has 1 aromatic carbocycles. The first kappa shape index (κ1) is 19.1. The lowest BCUT2D eigenvalue weighted by Gasteiger charge is -2.27. The Morgan fingerprint density at radius 2 is 1.97 bits per heavy atom. The van der Waals surface area contributed by atoms with Gasteiger partial charge in [-0.2, -0.15) is 5.26 Å². The molecule has 0 saturated carbocycles. The van der Waals surface area contributed by atoms with Crippen LogP contribution in [0.15, 0.2) is 48.9 Å². The van der Waals surface area contributed by atoms with Crippen molar-refractivity contribution in [2.24, 2.45) is 0 Å². The SMILES string of the molecule is N#Cc1cc(-c2ccc3nc(Nc4cc(CN5CCNCC5)ccn4)[nH]c3c2)ncn1. The van der Waals surface area contributed by atoms with Crippen LogP contribution in [-0.2, 0) is 6.54 Å². The number of fused-ring (bicyclic) bond motifs is 1. The summed E-state index contributed by atoms with van der Waals surface area (Å²) in [7, 11) is 0. The lowest BCUT2D eigenvalue weighted by atomic mass is 10.1. The number of aromatic nitrogens is 5. The second kappa shape index (κ2) is 8.47. The fraction of sp³-hybridized carbons (Fsp3) is 0.227. The van der Waals surface area contributed by atoms with E-state index < -0.39 is 0 Å². The van der Waals surface area contributed by atoms with Crippen molar-refractivity contribution in [2.45, 2.75) is 6.54 Å². The number of piperazine rings is 1. The third-order valence-corrected chi connectivity index (χ3v) is 5.25. The molecule has 0 atom stereocenters. The maximum Gasteiger partial charge on any atom is 0.206 e. The largest absolute Gasteiger partial charge is 0.324 e. The van der Waals surface area contributed by atoms with Crippen LogP contribution in [0.1, 0.15) is 11.3 Å². The summed E-state index contributed by atoms with van der Waals surface area (Å²) in [6.07, 6.45) is 3.22. The van der Waals surface area contributed by atoms with Crippen molar-refractivity contribution >= 4 is 22.8 Å². The molecule has 0 aliphatic carbocycles. The molecule has 0 spiro atoms. The molecule has 0 radical (unpaired) electrons. The minimum Gasteiger partial charge on any atom is -0.324 e. The number of benzene rings is 1. The van der Waals surface area contributed by atoms with Gasteiger partial charge in [0.1, 0.15) is 23.9 Å². The number of nitriles is 1. The van der Waals surface area contributed by atoms with Crippen LogP contribution in [0.25, 0.3) is 22.3 Å². The summed E-state index contributed by atoms with van der Waals surface area (Å²) < 4.78 is 0. The van der Waals surface area contributed by atoms with Gasteiger partial charge in [-0.15, -0.1) is 0 Å². The summed E-state index contributed by atoms with van der Waals surface area (Å²) >= 11 is 0. The zero-order chi connectivity index (χ0) is 21.0. The van der Waals surface area contributed by atoms with Gasteiger partial charge in [-0.05, 0) is 29.8 Å². The number of nitrogens with one attached hydrogen (secondary N) is 3. The molecule has 1 fully saturated rings. The van der Waals surface area contributed by atoms with Crippen LogP contribution >= 0.6 is 0 Å². The van der Waals surface area contributed by atoms with Gasteiger partial charge in [-0.3, -0.25) is 4.90 Å². The average Bonchev–Trinajstić information content (AvgIpc) is 3.21. The standard InChI is InChI=1S/C22H21N9/c23-12-17-11-19(27-14-26-17)16-1-2-18-20(10-16)29-22(28-18)30-21-9-15(3-4-25-21)13-31-7-5-24-6-8-31/h1-4,9-11,14,24H,5-8,13H2,(H2,25,28,29,30). The Bertz CT molecular complexity index is 1250. The van der Waals surface area contributed by atoms with Gasteiger partial charge in [0, 0.05) is 50.6 Å². The first-order valence-corrected chi connectivity index (χ1v) is 10.1. The number of pyridine rings is 1. The van der Waals surface area contributed by atoms with E-state index in [0.717, 1.165) is 55.1 Å². The Balaban J connectivity index is 1.35. The Morgan fingerprint density at radius 1 is 1.06 bits per heavy atom. The molecule has 5 rings (SSSR count). The van der Waals surface area contributed by atoms with E-state index in [1.807, 2.05) is 30.5 Å². The Hall–Kier alpha value is -3.87. The summed E-state index contributed by atoms with van der Waals surface area (Å²) in [4.78, 5) is 23.0. The molecule has 154 valence electrons. The predicted octanol–water partition coefficient (Wildman–Crippen LogP) is 2.44. The lowest BCUT2D eigenvalue weighted by molar-refractivity contribution is 0.233. The highest BCUT2D eigenvalue weighted by molar-refractivity contribution is 5.83. The normalized spacial score (nSPS) is 14.4. The second-order valence-electron chi connectivity index (χ2n) is 7.42. The Kier molecular flexibility index (Phi) is 5.22. The van der Waals surface area contributed by atoms with Crippen LogP contribution in [0.2, 0.25) is 0 Å². The number of hydrogen-bond acceptors (Lipinski definition) is 8. The molecule has 0 unspecified atom stereocenters. The molecular weight excluding hydrogens is 390 g/mol. The van der Waals surface area contributed by atoms with Gasteiger partial charge in [-0.25, -0.2) is 19.9 Å². The van der Waals surface area contributed by atoms with Gasteiger partial charge in [0.25, 0.3) is 0 Å². The van der Waals surface area contributed by atoms with Crippen molar-refractivity contribution in [2.75, 3.05) is 31.5 Å². The molecule has 1 aliphatic heterocycles. The summed E-state index contributed by atoms with van der Waals surface area (Å²) in [5, 5.41) is 15.7. The van der Waals surface area contributed by atoms with Gasteiger partial charge in [0.15, 0.2) is 0 Å². The molecule has 9 heteroatoms. The molecule has 4 heterocycles. The van der Waals surface area contributed by atoms with Crippen LogP contribution in [0.5, 0.6) is 0 Å². The zero-order valence-electron chi connectivity index (χ0n) is 16.8. The van der Waals surface area contributed by atoms with Crippen LogP contribution in [0, 0.1) is 11.3 Å². The molecule has 3 N–H and O–H groups in total. The maximum absolute atomic E-state index is 9.06. The number of hydrogen-bond donors (Lipinski definition) is 3. The molecule has 3 aromatic heterocycles. The minimum absolute atomic E-state index is 0.337. The van der Waals surface area contributed by atoms with Crippen molar-refractivity contribution in [3.05, 3.63) is 60.2 Å². The van der Waals surface area contributed by atoms with Crippen molar-refractivity contribution in [1.82, 2.24) is 35.1 Å². The van der Waals surface area contributed by atoms with Crippen LogP contribution < -0.4 is 10.6 Å². The quantitative estimate of drug-likeness (QED) is 0.458. The fourth-order valence-corrected chi connectivity index (χ4v) is 3.69. The zero-order valence-corrected chi connectivity index (χ0v) is 16.8. The number of imidazole rings is 1. The van der Waals surface area contributed by atoms with Crippen LogP contribution in [-0.4, -0.2) is 56.0 Å². The van der Waals surface area contributed by atoms with Gasteiger partial charge in [0.2, 0.25) is 5.95 Å². The number of rotatable bonds is 5. The van der Waals surface area contributed by atoms with Gasteiger partial charge in [0.05, 0.1) is 16.7 Å². The lowest BCUT2D eigenvalue weighted by Crippen LogP contribution is -2.42. The highest BCUT2D eigenvalue weighted by Gasteiger charge is 2.11. The number of nitrogens with zero attached hydrogens (tertiary/aromatic N) is 6. The van der Waals surface area contributed by atoms with E-state index in [1.165, 1.54) is 11.9 Å². The molecule has 0 bridgehead atoms. The van der Waals surface area contributed by atoms with E-state index in [9.17, 15) is 0 Å². The van der Waals surface area contributed by atoms with Crippen molar-refractivity contribution in [3.63, 3.8) is 0 Å². The topological polar surface area (TPSA) is 118 Å². The summed E-state index contributed by atoms with van der Waals surface area (Å²) in [6, 6.07) is 13.6. The second-order valence-corrected chi connectivity index (χ2v) is 7.42. The summed E-state index contributed by atoms with van der Waals surface area (Å²) in [6.45, 7) is 5.08. The van der Waals surface area contributed by atoms with E-state index in [2.05, 4.69) is 52.6 Å². The van der Waals surface area contributed by atoms with Crippen molar-refractivity contribution in [3.8, 4) is 17.3 Å². The van der Waals surface area contributed by atoms with E-state index in [1.54, 1.807) is 6.07 Å². The Labute approximate surface area is 179 Å². The monoisotopic (exact) mass is 411 g/mol. The van der Waals surface area contributed by atoms with E-state index in [-0.39, 0.29) is 0 Å². The maximum atomic E-state index is 9.06. The highest BCUT2D eigenvalue weighted by Crippen LogP contribution is 2.24. The smallest absolute Gasteiger partial charge is 0.206 e. The van der Waals surface area contributed by atoms with Crippen molar-refractivity contribution in [1.29, 1.82) is 5.26 Å². The molecule has 31 heavy (non-hydrogen) atoms. The molecular formula is C22H21N9. The number of H-pyrrole nitrogens is 1. The third-order valence-electron chi connectivity index (χ3n) is 5.25.